The van der Waals surface area contributed by atoms with Crippen LogP contribution in [-0.2, 0) is 20.7 Å². The van der Waals surface area contributed by atoms with Crippen molar-refractivity contribution in [1.82, 2.24) is 5.32 Å². The Morgan fingerprint density at radius 1 is 0.974 bits per heavy atom. The summed E-state index contributed by atoms with van der Waals surface area (Å²) in [5.41, 5.74) is 4.54. The van der Waals surface area contributed by atoms with Gasteiger partial charge in [0.05, 0.1) is 32.3 Å². The van der Waals surface area contributed by atoms with Crippen LogP contribution in [0.15, 0.2) is 87.6 Å². The highest BCUT2D eigenvalue weighted by molar-refractivity contribution is 6.04. The van der Waals surface area contributed by atoms with Gasteiger partial charge in [-0.25, -0.2) is 4.79 Å². The van der Waals surface area contributed by atoms with Gasteiger partial charge in [-0.15, -0.1) is 0 Å². The first-order chi connectivity index (χ1) is 18.9. The summed E-state index contributed by atoms with van der Waals surface area (Å²) in [7, 11) is 3.20. The van der Waals surface area contributed by atoms with E-state index in [0.717, 1.165) is 16.8 Å². The maximum absolute atomic E-state index is 13.8. The zero-order valence-corrected chi connectivity index (χ0v) is 22.7. The monoisotopic (exact) mass is 527 g/mol. The van der Waals surface area contributed by atoms with Crippen LogP contribution in [0.1, 0.15) is 54.2 Å². The van der Waals surface area contributed by atoms with E-state index >= 15 is 0 Å². The molecule has 5 rings (SSSR count). The zero-order chi connectivity index (χ0) is 27.5. The molecule has 0 saturated heterocycles. The number of rotatable bonds is 8. The van der Waals surface area contributed by atoms with Crippen LogP contribution in [0.4, 0.5) is 0 Å². The lowest BCUT2D eigenvalue weighted by atomic mass is 9.73. The molecule has 2 atom stereocenters. The first kappa shape index (κ1) is 26.4. The van der Waals surface area contributed by atoms with Gasteiger partial charge in [-0.05, 0) is 61.6 Å². The molecule has 2 aromatic carbocycles. The van der Waals surface area contributed by atoms with E-state index in [-0.39, 0.29) is 18.3 Å². The highest BCUT2D eigenvalue weighted by Crippen LogP contribution is 2.46. The van der Waals surface area contributed by atoms with E-state index in [1.54, 1.807) is 14.2 Å². The van der Waals surface area contributed by atoms with Crippen LogP contribution in [0, 0.1) is 6.92 Å². The Bertz CT molecular complexity index is 1450. The molecular weight excluding hydrogens is 494 g/mol. The van der Waals surface area contributed by atoms with Crippen LogP contribution in [0.5, 0.6) is 11.5 Å². The largest absolute Gasteiger partial charge is 0.493 e. The van der Waals surface area contributed by atoms with Crippen LogP contribution >= 0.6 is 0 Å². The van der Waals surface area contributed by atoms with E-state index in [0.29, 0.717) is 59.1 Å². The van der Waals surface area contributed by atoms with Crippen molar-refractivity contribution in [3.05, 3.63) is 106 Å². The summed E-state index contributed by atoms with van der Waals surface area (Å²) in [6.45, 7) is 3.94. The Morgan fingerprint density at radius 3 is 2.44 bits per heavy atom. The Balaban J connectivity index is 1.44. The predicted octanol–water partition coefficient (Wildman–Crippen LogP) is 5.75. The molecule has 0 saturated carbocycles. The first-order valence-corrected chi connectivity index (χ1v) is 13.1. The number of hydrogen-bond acceptors (Lipinski definition) is 7. The van der Waals surface area contributed by atoms with Crippen molar-refractivity contribution in [2.75, 3.05) is 20.8 Å². The van der Waals surface area contributed by atoms with Gasteiger partial charge in [0.2, 0.25) is 0 Å². The molecule has 7 nitrogen and oxygen atoms in total. The van der Waals surface area contributed by atoms with Crippen molar-refractivity contribution < 1.29 is 28.2 Å². The smallest absolute Gasteiger partial charge is 0.336 e. The lowest BCUT2D eigenvalue weighted by Gasteiger charge is -2.35. The minimum atomic E-state index is -0.627. The average molecular weight is 528 g/mol. The van der Waals surface area contributed by atoms with Gasteiger partial charge in [0, 0.05) is 29.8 Å². The molecule has 7 heteroatoms. The fraction of sp³-hybridized carbons (Fsp3) is 0.312. The van der Waals surface area contributed by atoms with Crippen molar-refractivity contribution in [3.63, 3.8) is 0 Å². The zero-order valence-electron chi connectivity index (χ0n) is 22.7. The second-order valence-corrected chi connectivity index (χ2v) is 9.95. The molecule has 2 heterocycles. The van der Waals surface area contributed by atoms with Crippen LogP contribution in [0.25, 0.3) is 0 Å². The number of methoxy groups -OCH3 is 2. The molecule has 1 aliphatic heterocycles. The Kier molecular flexibility index (Phi) is 7.59. The quantitative estimate of drug-likeness (QED) is 0.373. The summed E-state index contributed by atoms with van der Waals surface area (Å²) in [6, 6.07) is 19.3. The molecular formula is C32H33NO6. The summed E-state index contributed by atoms with van der Waals surface area (Å²) >= 11 is 0. The number of dihydropyridines is 1. The molecule has 1 aromatic heterocycles. The van der Waals surface area contributed by atoms with Crippen molar-refractivity contribution in [3.8, 4) is 11.5 Å². The molecule has 0 radical (unpaired) electrons. The van der Waals surface area contributed by atoms with Crippen molar-refractivity contribution in [2.24, 2.45) is 0 Å². The fourth-order valence-corrected chi connectivity index (χ4v) is 5.53. The van der Waals surface area contributed by atoms with Crippen molar-refractivity contribution in [1.29, 1.82) is 0 Å². The predicted molar refractivity (Wildman–Crippen MR) is 147 cm³/mol. The Labute approximate surface area is 228 Å². The number of allylic oxidation sites excluding steroid dienone is 3. The number of nitrogens with one attached hydrogen (secondary N) is 1. The lowest BCUT2D eigenvalue weighted by Crippen LogP contribution is -2.36. The molecule has 0 fully saturated rings. The van der Waals surface area contributed by atoms with Crippen LogP contribution < -0.4 is 14.8 Å². The molecule has 1 N–H and O–H groups in total. The maximum Gasteiger partial charge on any atom is 0.336 e. The first-order valence-electron chi connectivity index (χ1n) is 13.1. The normalized spacial score (nSPS) is 18.9. The molecule has 1 aliphatic carbocycles. The number of hydrogen-bond donors (Lipinski definition) is 1. The standard InChI is InChI=1S/C32H33NO6/c1-19-10-12-27(39-19)31-29(32(35)38-15-14-21-8-6-5-7-9-21)20(2)33-24-16-23(17-25(34)30(24)31)22-11-13-26(36-3)28(18-22)37-4/h5-13,18,23,31,33H,14-17H2,1-4H3/t23-,31-/m0/s1. The van der Waals surface area contributed by atoms with Crippen molar-refractivity contribution in [2.45, 2.75) is 44.9 Å². The average Bonchev–Trinajstić information content (AvgIpc) is 3.38. The summed E-state index contributed by atoms with van der Waals surface area (Å²) < 4.78 is 22.6. The number of Topliss-reactive ketones (excluding diaryl/α,β-unsaturated/α-hetero) is 1. The molecule has 3 aromatic rings. The number of esters is 1. The van der Waals surface area contributed by atoms with Crippen LogP contribution in [-0.4, -0.2) is 32.6 Å². The SMILES string of the molecule is COc1ccc([C@@H]2CC(=O)C3=C(C2)NC(C)=C(C(=O)OCCc2ccccc2)[C@@H]3c2ccc(C)o2)cc1OC. The van der Waals surface area contributed by atoms with E-state index < -0.39 is 11.9 Å². The van der Waals surface area contributed by atoms with Gasteiger partial charge in [0.25, 0.3) is 0 Å². The molecule has 2 aliphatic rings. The third-order valence-electron chi connectivity index (χ3n) is 7.44. The van der Waals surface area contributed by atoms with Gasteiger partial charge < -0.3 is 23.9 Å². The maximum atomic E-state index is 13.8. The highest BCUT2D eigenvalue weighted by atomic mass is 16.5. The van der Waals surface area contributed by atoms with Gasteiger partial charge in [-0.3, -0.25) is 4.79 Å². The summed E-state index contributed by atoms with van der Waals surface area (Å²) in [5, 5.41) is 3.39. The Morgan fingerprint density at radius 2 is 1.74 bits per heavy atom. The van der Waals surface area contributed by atoms with Gasteiger partial charge in [-0.1, -0.05) is 36.4 Å². The second-order valence-electron chi connectivity index (χ2n) is 9.95. The number of furan rings is 1. The minimum absolute atomic E-state index is 0.0235. The number of benzene rings is 2. The van der Waals surface area contributed by atoms with E-state index in [9.17, 15) is 9.59 Å². The molecule has 0 unspecified atom stereocenters. The number of ketones is 1. The second kappa shape index (κ2) is 11.2. The molecule has 0 bridgehead atoms. The van der Waals surface area contributed by atoms with E-state index in [1.165, 1.54) is 0 Å². The summed E-state index contributed by atoms with van der Waals surface area (Å²) in [5.74, 6) is 1.40. The molecule has 202 valence electrons. The number of carbonyl (C=O) groups excluding carboxylic acids is 2. The van der Waals surface area contributed by atoms with Crippen LogP contribution in [0.2, 0.25) is 0 Å². The number of aryl methyl sites for hydroxylation is 1. The minimum Gasteiger partial charge on any atom is -0.493 e. The van der Waals surface area contributed by atoms with E-state index in [1.807, 2.05) is 74.5 Å². The van der Waals surface area contributed by atoms with Gasteiger partial charge in [0.15, 0.2) is 17.3 Å². The topological polar surface area (TPSA) is 87.0 Å². The van der Waals surface area contributed by atoms with Gasteiger partial charge in [-0.2, -0.15) is 0 Å². The Hall–Kier alpha value is -4.26. The third-order valence-corrected chi connectivity index (χ3v) is 7.44. The van der Waals surface area contributed by atoms with Gasteiger partial charge >= 0.3 is 5.97 Å². The summed E-state index contributed by atoms with van der Waals surface area (Å²) in [4.78, 5) is 27.2. The number of ether oxygens (including phenoxy) is 3. The van der Waals surface area contributed by atoms with E-state index in [2.05, 4.69) is 5.32 Å². The lowest BCUT2D eigenvalue weighted by molar-refractivity contribution is -0.139. The van der Waals surface area contributed by atoms with Crippen LogP contribution in [0.3, 0.4) is 0 Å². The summed E-state index contributed by atoms with van der Waals surface area (Å²) in [6.07, 6.45) is 1.53. The van der Waals surface area contributed by atoms with Gasteiger partial charge in [0.1, 0.15) is 11.5 Å². The number of carbonyl (C=O) groups is 2. The molecule has 0 amide bonds. The highest BCUT2D eigenvalue weighted by Gasteiger charge is 2.43. The third kappa shape index (κ3) is 5.35. The van der Waals surface area contributed by atoms with Crippen molar-refractivity contribution >= 4 is 11.8 Å². The molecule has 39 heavy (non-hydrogen) atoms. The molecule has 0 spiro atoms. The fourth-order valence-electron chi connectivity index (χ4n) is 5.53. The van der Waals surface area contributed by atoms with E-state index in [4.69, 9.17) is 18.6 Å².